The van der Waals surface area contributed by atoms with Gasteiger partial charge in [-0.3, -0.25) is 4.90 Å². The van der Waals surface area contributed by atoms with E-state index in [4.69, 9.17) is 4.74 Å². The molecule has 1 amide bonds. The number of ether oxygens (including phenoxy) is 1. The summed E-state index contributed by atoms with van der Waals surface area (Å²) in [7, 11) is 0. The maximum Gasteiger partial charge on any atom is 0.411 e. The summed E-state index contributed by atoms with van der Waals surface area (Å²) in [6.45, 7) is 17.6. The summed E-state index contributed by atoms with van der Waals surface area (Å²) in [6.07, 6.45) is 3.15. The van der Waals surface area contributed by atoms with Crippen LogP contribution in [0.5, 0.6) is 0 Å². The predicted molar refractivity (Wildman–Crippen MR) is 72.0 cm³/mol. The first-order valence-corrected chi connectivity index (χ1v) is 5.96. The maximum absolute atomic E-state index is 12.1. The molecular weight excluding hydrogens is 214 g/mol. The first-order chi connectivity index (χ1) is 7.72. The lowest BCUT2D eigenvalue weighted by Crippen LogP contribution is -2.44. The van der Waals surface area contributed by atoms with Gasteiger partial charge in [0.05, 0.1) is 6.04 Å². The lowest BCUT2D eigenvalue weighted by molar-refractivity contribution is 0.0190. The van der Waals surface area contributed by atoms with Crippen molar-refractivity contribution in [3.8, 4) is 0 Å². The van der Waals surface area contributed by atoms with E-state index in [1.165, 1.54) is 0 Å². The van der Waals surface area contributed by atoms with E-state index in [1.807, 2.05) is 34.6 Å². The molecule has 0 aliphatic rings. The average Bonchev–Trinajstić information content (AvgIpc) is 2.14. The molecule has 1 atom stereocenters. The van der Waals surface area contributed by atoms with Gasteiger partial charge >= 0.3 is 6.09 Å². The van der Waals surface area contributed by atoms with Crippen molar-refractivity contribution in [1.82, 2.24) is 4.90 Å². The van der Waals surface area contributed by atoms with Gasteiger partial charge < -0.3 is 4.74 Å². The van der Waals surface area contributed by atoms with Gasteiger partial charge in [0.1, 0.15) is 5.60 Å². The summed E-state index contributed by atoms with van der Waals surface area (Å²) in [5.41, 5.74) is -0.487. The van der Waals surface area contributed by atoms with Gasteiger partial charge in [0, 0.05) is 6.54 Å². The number of carbonyl (C=O) groups is 1. The molecule has 0 radical (unpaired) electrons. The van der Waals surface area contributed by atoms with Gasteiger partial charge in [0.2, 0.25) is 0 Å². The van der Waals surface area contributed by atoms with Crippen molar-refractivity contribution >= 4 is 6.09 Å². The van der Waals surface area contributed by atoms with Crippen LogP contribution in [0, 0.1) is 5.92 Å². The minimum atomic E-state index is -0.487. The molecule has 17 heavy (non-hydrogen) atoms. The van der Waals surface area contributed by atoms with Gasteiger partial charge in [0.25, 0.3) is 0 Å². The topological polar surface area (TPSA) is 29.5 Å². The molecule has 0 fully saturated rings. The molecule has 0 saturated carbocycles. The van der Waals surface area contributed by atoms with Gasteiger partial charge in [-0.1, -0.05) is 26.0 Å². The quantitative estimate of drug-likeness (QED) is 0.686. The van der Waals surface area contributed by atoms with E-state index in [9.17, 15) is 4.79 Å². The van der Waals surface area contributed by atoms with Gasteiger partial charge in [-0.25, -0.2) is 4.79 Å². The normalized spacial score (nSPS) is 13.1. The number of rotatable bonds is 5. The van der Waals surface area contributed by atoms with Crippen molar-refractivity contribution in [2.75, 3.05) is 6.54 Å². The second kappa shape index (κ2) is 6.48. The number of hydrogen-bond donors (Lipinski definition) is 0. The summed E-state index contributed by atoms with van der Waals surface area (Å²) in [5.74, 6) is 0.292. The van der Waals surface area contributed by atoms with Crippen LogP contribution in [0.2, 0.25) is 0 Å². The Kier molecular flexibility index (Phi) is 6.00. The number of carbonyl (C=O) groups excluding carboxylic acids is 1. The van der Waals surface area contributed by atoms with E-state index in [-0.39, 0.29) is 12.1 Å². The number of hydrogen-bond acceptors (Lipinski definition) is 2. The molecule has 0 aliphatic heterocycles. The van der Waals surface area contributed by atoms with Crippen molar-refractivity contribution in [2.45, 2.75) is 46.3 Å². The van der Waals surface area contributed by atoms with Gasteiger partial charge in [-0.05, 0) is 26.7 Å². The zero-order chi connectivity index (χ0) is 13.6. The molecule has 3 nitrogen and oxygen atoms in total. The van der Waals surface area contributed by atoms with Crippen molar-refractivity contribution < 1.29 is 9.53 Å². The van der Waals surface area contributed by atoms with Crippen LogP contribution >= 0.6 is 0 Å². The third kappa shape index (κ3) is 5.57. The zero-order valence-electron chi connectivity index (χ0n) is 11.7. The van der Waals surface area contributed by atoms with Gasteiger partial charge in [0.15, 0.2) is 0 Å². The highest BCUT2D eigenvalue weighted by Crippen LogP contribution is 2.17. The molecule has 0 spiro atoms. The van der Waals surface area contributed by atoms with Crippen LogP contribution in [0.1, 0.15) is 34.6 Å². The van der Waals surface area contributed by atoms with Crippen LogP contribution in [0.25, 0.3) is 0 Å². The lowest BCUT2D eigenvalue weighted by Gasteiger charge is -2.33. The highest BCUT2D eigenvalue weighted by molar-refractivity contribution is 5.69. The minimum Gasteiger partial charge on any atom is -0.444 e. The maximum atomic E-state index is 12.1. The van der Waals surface area contributed by atoms with E-state index in [0.29, 0.717) is 12.5 Å². The second-order valence-corrected chi connectivity index (χ2v) is 5.39. The van der Waals surface area contributed by atoms with Crippen LogP contribution in [-0.4, -0.2) is 29.2 Å². The zero-order valence-corrected chi connectivity index (χ0v) is 11.7. The van der Waals surface area contributed by atoms with Crippen molar-refractivity contribution in [3.63, 3.8) is 0 Å². The standard InChI is InChI=1S/C14H25NO2/c1-8-10-15(12(9-2)11(3)4)13(16)17-14(5,6)7/h8-9,11-12H,1-2,10H2,3-7H3/t12-/m1/s1. The Balaban J connectivity index is 4.88. The molecule has 0 heterocycles. The fourth-order valence-corrected chi connectivity index (χ4v) is 1.54. The van der Waals surface area contributed by atoms with Crippen LogP contribution < -0.4 is 0 Å². The third-order valence-electron chi connectivity index (χ3n) is 2.24. The Morgan fingerprint density at radius 2 is 1.88 bits per heavy atom. The molecule has 0 aliphatic carbocycles. The van der Waals surface area contributed by atoms with Crippen molar-refractivity contribution in [2.24, 2.45) is 5.92 Å². The average molecular weight is 239 g/mol. The van der Waals surface area contributed by atoms with E-state index in [2.05, 4.69) is 13.2 Å². The Morgan fingerprint density at radius 3 is 2.18 bits per heavy atom. The molecule has 0 N–H and O–H groups in total. The largest absolute Gasteiger partial charge is 0.444 e. The van der Waals surface area contributed by atoms with Crippen LogP contribution in [0.4, 0.5) is 4.79 Å². The predicted octanol–water partition coefficient (Wildman–Crippen LogP) is 3.62. The monoisotopic (exact) mass is 239 g/mol. The molecule has 0 unspecified atom stereocenters. The molecule has 0 rings (SSSR count). The molecule has 0 aromatic carbocycles. The molecular formula is C14H25NO2. The fourth-order valence-electron chi connectivity index (χ4n) is 1.54. The number of nitrogens with zero attached hydrogens (tertiary/aromatic N) is 1. The Bertz CT molecular complexity index is 276. The summed E-state index contributed by atoms with van der Waals surface area (Å²) < 4.78 is 5.38. The van der Waals surface area contributed by atoms with Gasteiger partial charge in [-0.2, -0.15) is 0 Å². The molecule has 0 aromatic heterocycles. The van der Waals surface area contributed by atoms with Crippen molar-refractivity contribution in [3.05, 3.63) is 25.3 Å². The van der Waals surface area contributed by atoms with E-state index in [0.717, 1.165) is 0 Å². The minimum absolute atomic E-state index is 0.0390. The summed E-state index contributed by atoms with van der Waals surface area (Å²) >= 11 is 0. The first-order valence-electron chi connectivity index (χ1n) is 5.96. The van der Waals surface area contributed by atoms with E-state index >= 15 is 0 Å². The molecule has 0 aromatic rings. The lowest BCUT2D eigenvalue weighted by atomic mass is 10.0. The highest BCUT2D eigenvalue weighted by atomic mass is 16.6. The smallest absolute Gasteiger partial charge is 0.411 e. The van der Waals surface area contributed by atoms with Crippen LogP contribution in [0.3, 0.4) is 0 Å². The Hall–Kier alpha value is -1.25. The fraction of sp³-hybridized carbons (Fsp3) is 0.643. The summed E-state index contributed by atoms with van der Waals surface area (Å²) in [6, 6.07) is -0.0390. The summed E-state index contributed by atoms with van der Waals surface area (Å²) in [4.78, 5) is 13.7. The highest BCUT2D eigenvalue weighted by Gasteiger charge is 2.27. The molecule has 0 saturated heterocycles. The number of amides is 1. The molecule has 3 heteroatoms. The second-order valence-electron chi connectivity index (χ2n) is 5.39. The van der Waals surface area contributed by atoms with E-state index < -0.39 is 5.60 Å². The van der Waals surface area contributed by atoms with Crippen molar-refractivity contribution in [1.29, 1.82) is 0 Å². The SMILES string of the molecule is C=CCN(C(=O)OC(C)(C)C)[C@H](C=C)C(C)C. The van der Waals surface area contributed by atoms with Crippen LogP contribution in [-0.2, 0) is 4.74 Å². The van der Waals surface area contributed by atoms with E-state index in [1.54, 1.807) is 17.1 Å². The van der Waals surface area contributed by atoms with Crippen LogP contribution in [0.15, 0.2) is 25.3 Å². The summed E-state index contributed by atoms with van der Waals surface area (Å²) in [5, 5.41) is 0. The van der Waals surface area contributed by atoms with Gasteiger partial charge in [-0.15, -0.1) is 13.2 Å². The molecule has 0 bridgehead atoms. The molecule has 98 valence electrons. The first kappa shape index (κ1) is 15.8. The Morgan fingerprint density at radius 1 is 1.35 bits per heavy atom. The third-order valence-corrected chi connectivity index (χ3v) is 2.24. The Labute approximate surface area is 105 Å².